The zero-order valence-electron chi connectivity index (χ0n) is 13.2. The minimum atomic E-state index is -0.360. The Bertz CT molecular complexity index is 949. The van der Waals surface area contributed by atoms with Gasteiger partial charge in [0.15, 0.2) is 0 Å². The van der Waals surface area contributed by atoms with Crippen LogP contribution in [0.2, 0.25) is 0 Å². The van der Waals surface area contributed by atoms with E-state index in [0.717, 1.165) is 5.56 Å². The molecular formula is C17H12BrClN4O2S. The first-order valence-electron chi connectivity index (χ1n) is 7.42. The molecule has 26 heavy (non-hydrogen) atoms. The fourth-order valence-electron chi connectivity index (χ4n) is 2.09. The molecule has 0 bridgehead atoms. The third-order valence-corrected chi connectivity index (χ3v) is 5.11. The molecule has 0 radical (unpaired) electrons. The summed E-state index contributed by atoms with van der Waals surface area (Å²) < 4.78 is 0.648. The molecule has 0 spiro atoms. The molecule has 0 atom stereocenters. The lowest BCUT2D eigenvalue weighted by Gasteiger charge is -2.08. The third-order valence-electron chi connectivity index (χ3n) is 3.29. The molecule has 0 saturated heterocycles. The van der Waals surface area contributed by atoms with Gasteiger partial charge in [0, 0.05) is 15.6 Å². The Labute approximate surface area is 166 Å². The van der Waals surface area contributed by atoms with Crippen molar-refractivity contribution in [1.29, 1.82) is 0 Å². The normalized spacial score (nSPS) is 10.4. The van der Waals surface area contributed by atoms with Gasteiger partial charge < -0.3 is 5.32 Å². The van der Waals surface area contributed by atoms with E-state index < -0.39 is 0 Å². The minimum Gasteiger partial charge on any atom is -0.324 e. The first kappa shape index (κ1) is 18.5. The van der Waals surface area contributed by atoms with Gasteiger partial charge in [0.1, 0.15) is 10.9 Å². The monoisotopic (exact) mass is 450 g/mol. The van der Waals surface area contributed by atoms with E-state index in [4.69, 9.17) is 11.6 Å². The molecule has 0 aliphatic rings. The predicted octanol–water partition coefficient (Wildman–Crippen LogP) is 4.40. The van der Waals surface area contributed by atoms with Gasteiger partial charge in [-0.15, -0.1) is 21.8 Å². The summed E-state index contributed by atoms with van der Waals surface area (Å²) in [6.07, 6.45) is 0. The van der Waals surface area contributed by atoms with E-state index in [1.54, 1.807) is 18.2 Å². The number of alkyl halides is 1. The number of carbonyl (C=O) groups is 2. The minimum absolute atomic E-state index is 0.171. The van der Waals surface area contributed by atoms with Crippen LogP contribution in [-0.2, 0) is 4.79 Å². The SMILES string of the molecule is O=C(CCl)Nc1cc(C(=O)Nc2nnc(-c3ccccc3)s2)ccc1Br. The fraction of sp³-hybridized carbons (Fsp3) is 0.0588. The molecule has 0 aliphatic carbocycles. The topological polar surface area (TPSA) is 84.0 Å². The molecule has 0 fully saturated rings. The summed E-state index contributed by atoms with van der Waals surface area (Å²) in [6, 6.07) is 14.5. The van der Waals surface area contributed by atoms with E-state index in [1.165, 1.54) is 11.3 Å². The Balaban J connectivity index is 1.75. The molecule has 3 rings (SSSR count). The number of rotatable bonds is 5. The van der Waals surface area contributed by atoms with E-state index >= 15 is 0 Å². The van der Waals surface area contributed by atoms with Crippen LogP contribution in [0.1, 0.15) is 10.4 Å². The Morgan fingerprint density at radius 2 is 1.85 bits per heavy atom. The first-order chi connectivity index (χ1) is 12.6. The Morgan fingerprint density at radius 3 is 2.58 bits per heavy atom. The maximum absolute atomic E-state index is 12.5. The molecule has 0 aliphatic heterocycles. The van der Waals surface area contributed by atoms with Gasteiger partial charge in [-0.2, -0.15) is 0 Å². The summed E-state index contributed by atoms with van der Waals surface area (Å²) in [5, 5.41) is 14.5. The highest BCUT2D eigenvalue weighted by molar-refractivity contribution is 9.10. The van der Waals surface area contributed by atoms with Crippen molar-refractivity contribution in [3.05, 3.63) is 58.6 Å². The van der Waals surface area contributed by atoms with Crippen LogP contribution >= 0.6 is 38.9 Å². The number of nitrogens with zero attached hydrogens (tertiary/aromatic N) is 2. The van der Waals surface area contributed by atoms with Crippen molar-refractivity contribution in [1.82, 2.24) is 10.2 Å². The molecule has 132 valence electrons. The molecule has 1 aromatic heterocycles. The van der Waals surface area contributed by atoms with E-state index in [1.807, 2.05) is 30.3 Å². The van der Waals surface area contributed by atoms with Crippen LogP contribution in [0.25, 0.3) is 10.6 Å². The highest BCUT2D eigenvalue weighted by Crippen LogP contribution is 2.27. The van der Waals surface area contributed by atoms with Crippen LogP contribution in [0.5, 0.6) is 0 Å². The maximum atomic E-state index is 12.5. The number of anilines is 2. The lowest BCUT2D eigenvalue weighted by Crippen LogP contribution is -2.15. The van der Waals surface area contributed by atoms with Crippen molar-refractivity contribution in [3.8, 4) is 10.6 Å². The van der Waals surface area contributed by atoms with Crippen LogP contribution in [0.15, 0.2) is 53.0 Å². The summed E-state index contributed by atoms with van der Waals surface area (Å²) in [4.78, 5) is 23.9. The molecule has 0 saturated carbocycles. The molecule has 2 N–H and O–H groups in total. The van der Waals surface area contributed by atoms with Gasteiger partial charge in [0.2, 0.25) is 11.0 Å². The van der Waals surface area contributed by atoms with Crippen LogP contribution in [0, 0.1) is 0 Å². The predicted molar refractivity (Wildman–Crippen MR) is 107 cm³/mol. The Hall–Kier alpha value is -2.29. The van der Waals surface area contributed by atoms with Gasteiger partial charge in [0.05, 0.1) is 5.69 Å². The molecule has 2 amide bonds. The van der Waals surface area contributed by atoms with Gasteiger partial charge in [-0.3, -0.25) is 14.9 Å². The van der Waals surface area contributed by atoms with Crippen LogP contribution in [0.3, 0.4) is 0 Å². The number of benzene rings is 2. The maximum Gasteiger partial charge on any atom is 0.257 e. The van der Waals surface area contributed by atoms with Crippen molar-refractivity contribution in [3.63, 3.8) is 0 Å². The number of amides is 2. The summed E-state index contributed by atoms with van der Waals surface area (Å²) in [7, 11) is 0. The van der Waals surface area contributed by atoms with Gasteiger partial charge in [-0.05, 0) is 34.1 Å². The van der Waals surface area contributed by atoms with Crippen molar-refractivity contribution in [2.24, 2.45) is 0 Å². The molecule has 6 nitrogen and oxygen atoms in total. The third kappa shape index (κ3) is 4.46. The summed E-state index contributed by atoms with van der Waals surface area (Å²) >= 11 is 10.1. The molecule has 1 heterocycles. The smallest absolute Gasteiger partial charge is 0.257 e. The van der Waals surface area contributed by atoms with Crippen LogP contribution < -0.4 is 10.6 Å². The average molecular weight is 452 g/mol. The lowest BCUT2D eigenvalue weighted by atomic mass is 10.2. The van der Waals surface area contributed by atoms with E-state index in [9.17, 15) is 9.59 Å². The fourth-order valence-corrected chi connectivity index (χ4v) is 3.24. The summed E-state index contributed by atoms with van der Waals surface area (Å²) in [6.45, 7) is 0. The highest BCUT2D eigenvalue weighted by Gasteiger charge is 2.13. The zero-order chi connectivity index (χ0) is 18.5. The number of nitrogens with one attached hydrogen (secondary N) is 2. The molecule has 9 heteroatoms. The summed E-state index contributed by atoms with van der Waals surface area (Å²) in [5.74, 6) is -0.883. The van der Waals surface area contributed by atoms with E-state index in [2.05, 4.69) is 36.8 Å². The first-order valence-corrected chi connectivity index (χ1v) is 9.57. The van der Waals surface area contributed by atoms with Crippen molar-refractivity contribution < 1.29 is 9.59 Å². The number of halogens is 2. The van der Waals surface area contributed by atoms with Gasteiger partial charge in [-0.25, -0.2) is 0 Å². The van der Waals surface area contributed by atoms with Crippen molar-refractivity contribution in [2.75, 3.05) is 16.5 Å². The lowest BCUT2D eigenvalue weighted by molar-refractivity contribution is -0.113. The zero-order valence-corrected chi connectivity index (χ0v) is 16.4. The number of carbonyl (C=O) groups excluding carboxylic acids is 2. The Kier molecular flexibility index (Phi) is 5.97. The second kappa shape index (κ2) is 8.39. The average Bonchev–Trinajstić information content (AvgIpc) is 3.12. The van der Waals surface area contributed by atoms with Crippen molar-refractivity contribution >= 4 is 61.5 Å². The van der Waals surface area contributed by atoms with Crippen LogP contribution in [0.4, 0.5) is 10.8 Å². The second-order valence-corrected chi connectivity index (χ2v) is 7.21. The number of hydrogen-bond donors (Lipinski definition) is 2. The van der Waals surface area contributed by atoms with E-state index in [0.29, 0.717) is 25.9 Å². The number of hydrogen-bond acceptors (Lipinski definition) is 5. The van der Waals surface area contributed by atoms with Crippen molar-refractivity contribution in [2.45, 2.75) is 0 Å². The molecule has 3 aromatic rings. The van der Waals surface area contributed by atoms with Gasteiger partial charge in [-0.1, -0.05) is 41.7 Å². The molecule has 2 aromatic carbocycles. The quantitative estimate of drug-likeness (QED) is 0.563. The Morgan fingerprint density at radius 1 is 1.08 bits per heavy atom. The molecular weight excluding hydrogens is 440 g/mol. The molecule has 0 unspecified atom stereocenters. The van der Waals surface area contributed by atoms with E-state index in [-0.39, 0.29) is 17.7 Å². The standard InChI is InChI=1S/C17H12BrClN4O2S/c18-12-7-6-11(8-13(12)20-14(24)9-19)15(25)21-17-23-22-16(26-17)10-4-2-1-3-5-10/h1-8H,9H2,(H,20,24)(H,21,23,25). The largest absolute Gasteiger partial charge is 0.324 e. The van der Waals surface area contributed by atoms with Gasteiger partial charge in [0.25, 0.3) is 5.91 Å². The summed E-state index contributed by atoms with van der Waals surface area (Å²) in [5.41, 5.74) is 1.76. The van der Waals surface area contributed by atoms with Gasteiger partial charge >= 0.3 is 0 Å². The highest BCUT2D eigenvalue weighted by atomic mass is 79.9. The number of aromatic nitrogens is 2. The second-order valence-electron chi connectivity index (χ2n) is 5.11. The van der Waals surface area contributed by atoms with Crippen LogP contribution in [-0.4, -0.2) is 27.9 Å².